The molecule has 1 aliphatic heterocycles. The maximum absolute atomic E-state index is 11.1. The lowest BCUT2D eigenvalue weighted by Gasteiger charge is -2.33. The van der Waals surface area contributed by atoms with Crippen LogP contribution >= 0.6 is 0 Å². The van der Waals surface area contributed by atoms with E-state index in [-0.39, 0.29) is 12.6 Å². The van der Waals surface area contributed by atoms with E-state index in [0.29, 0.717) is 18.9 Å². The molecule has 1 heterocycles. The van der Waals surface area contributed by atoms with Crippen LogP contribution in [0.5, 0.6) is 0 Å². The maximum atomic E-state index is 11.1. The molecule has 2 aromatic carbocycles. The maximum Gasteiger partial charge on any atom is 0.551 e. The Morgan fingerprint density at radius 3 is 2.23 bits per heavy atom. The van der Waals surface area contributed by atoms with Crippen molar-refractivity contribution in [3.05, 3.63) is 73.1 Å². The molecule has 0 amide bonds. The normalized spacial score (nSPS) is 17.5. The predicted molar refractivity (Wildman–Crippen MR) is 124 cm³/mol. The van der Waals surface area contributed by atoms with E-state index in [9.17, 15) is 4.79 Å². The summed E-state index contributed by atoms with van der Waals surface area (Å²) in [7, 11) is -1.27. The predicted octanol–water partition coefficient (Wildman–Crippen LogP) is 2.40. The van der Waals surface area contributed by atoms with Crippen LogP contribution in [0.3, 0.4) is 0 Å². The fraction of sp³-hybridized carbons (Fsp3) is 0.333. The zero-order valence-corrected chi connectivity index (χ0v) is 19.0. The van der Waals surface area contributed by atoms with Crippen LogP contribution in [0.25, 0.3) is 0 Å². The number of unbranched alkanes of at least 4 members (excludes halogenated alkanes) is 1. The Kier molecular flexibility index (Phi) is 8.58. The van der Waals surface area contributed by atoms with E-state index in [4.69, 9.17) is 13.9 Å². The molecule has 1 unspecified atom stereocenters. The Morgan fingerprint density at radius 2 is 1.61 bits per heavy atom. The van der Waals surface area contributed by atoms with Gasteiger partial charge in [0.2, 0.25) is 0 Å². The monoisotopic (exact) mass is 437 g/mol. The summed E-state index contributed by atoms with van der Waals surface area (Å²) in [6.07, 6.45) is 5.10. The average molecular weight is 438 g/mol. The molecule has 1 aliphatic rings. The lowest BCUT2D eigenvalue weighted by atomic mass is 10.1. The standard InChI is InChI=1S/C24H29N2O4Si/c1-20(27)28-19-23-24(2,26-16-15-25-23)29-17-9-10-18-30-31(21-11-5-3-6-12-21)22-13-7-4-8-14-22/h3-8,11-16,26H,9-10,17-19H2,1-2H3/q+1. The van der Waals surface area contributed by atoms with E-state index in [0.717, 1.165) is 12.8 Å². The van der Waals surface area contributed by atoms with E-state index >= 15 is 0 Å². The highest BCUT2D eigenvalue weighted by Gasteiger charge is 2.36. The molecule has 0 saturated heterocycles. The van der Waals surface area contributed by atoms with E-state index in [1.807, 2.05) is 19.1 Å². The molecule has 0 bridgehead atoms. The van der Waals surface area contributed by atoms with Gasteiger partial charge in [-0.3, -0.25) is 9.79 Å². The Labute approximate surface area is 185 Å². The molecule has 3 rings (SSSR count). The molecule has 6 nitrogen and oxygen atoms in total. The topological polar surface area (TPSA) is 69.2 Å². The van der Waals surface area contributed by atoms with Gasteiger partial charge in [0.25, 0.3) is 0 Å². The van der Waals surface area contributed by atoms with E-state index in [2.05, 4.69) is 58.8 Å². The van der Waals surface area contributed by atoms with Crippen molar-refractivity contribution in [2.24, 2.45) is 4.99 Å². The fourth-order valence-electron chi connectivity index (χ4n) is 3.17. The largest absolute Gasteiger partial charge is 0.551 e. The number of nitrogens with zero attached hydrogens (tertiary/aromatic N) is 1. The van der Waals surface area contributed by atoms with Gasteiger partial charge in [-0.2, -0.15) is 0 Å². The molecule has 0 aromatic heterocycles. The quantitative estimate of drug-likeness (QED) is 0.332. The number of benzene rings is 2. The van der Waals surface area contributed by atoms with Crippen LogP contribution in [0, 0.1) is 0 Å². The molecule has 31 heavy (non-hydrogen) atoms. The second-order valence-corrected chi connectivity index (χ2v) is 9.42. The minimum atomic E-state index is -1.27. The molecule has 0 spiro atoms. The summed E-state index contributed by atoms with van der Waals surface area (Å²) >= 11 is 0. The van der Waals surface area contributed by atoms with Crippen molar-refractivity contribution >= 4 is 31.1 Å². The number of esters is 1. The summed E-state index contributed by atoms with van der Waals surface area (Å²) < 4.78 is 17.5. The van der Waals surface area contributed by atoms with Gasteiger partial charge in [-0.05, 0) is 44.0 Å². The average Bonchev–Trinajstić information content (AvgIpc) is 2.79. The molecule has 162 valence electrons. The highest BCUT2D eigenvalue weighted by atomic mass is 28.3. The molecule has 0 radical (unpaired) electrons. The zero-order chi connectivity index (χ0) is 21.9. The number of aliphatic imine (C=N–C) groups is 1. The lowest BCUT2D eigenvalue weighted by molar-refractivity contribution is -0.139. The van der Waals surface area contributed by atoms with Gasteiger partial charge in [0.05, 0.1) is 6.61 Å². The fourth-order valence-corrected chi connectivity index (χ4v) is 5.17. The molecule has 0 saturated carbocycles. The molecular formula is C24H29N2O4Si+. The Morgan fingerprint density at radius 1 is 1.00 bits per heavy atom. The minimum Gasteiger partial charge on any atom is -0.460 e. The highest BCUT2D eigenvalue weighted by molar-refractivity contribution is 6.80. The molecular weight excluding hydrogens is 408 g/mol. The van der Waals surface area contributed by atoms with E-state index < -0.39 is 14.8 Å². The Balaban J connectivity index is 1.47. The number of nitrogens with one attached hydrogen (secondary N) is 1. The number of carbonyl (C=O) groups is 1. The molecule has 0 aliphatic carbocycles. The zero-order valence-electron chi connectivity index (χ0n) is 18.0. The second-order valence-electron chi connectivity index (χ2n) is 7.31. The summed E-state index contributed by atoms with van der Waals surface area (Å²) in [4.78, 5) is 15.4. The first-order chi connectivity index (χ1) is 15.1. The van der Waals surface area contributed by atoms with Gasteiger partial charge in [-0.25, -0.2) is 4.43 Å². The van der Waals surface area contributed by atoms with Crippen molar-refractivity contribution in [3.63, 3.8) is 0 Å². The first-order valence-electron chi connectivity index (χ1n) is 10.5. The SMILES string of the molecule is CC(=O)OCC1=NC=CNC1(C)OCCCCO[Si+](c1ccccc1)c1ccccc1. The van der Waals surface area contributed by atoms with Crippen LogP contribution < -0.4 is 15.7 Å². The summed E-state index contributed by atoms with van der Waals surface area (Å²) in [6.45, 7) is 4.58. The van der Waals surface area contributed by atoms with Gasteiger partial charge in [-0.1, -0.05) is 36.4 Å². The summed E-state index contributed by atoms with van der Waals surface area (Å²) in [5, 5.41) is 5.66. The van der Waals surface area contributed by atoms with E-state index in [1.54, 1.807) is 12.4 Å². The number of hydrogen-bond acceptors (Lipinski definition) is 6. The van der Waals surface area contributed by atoms with E-state index in [1.165, 1.54) is 17.3 Å². The number of carbonyl (C=O) groups excluding carboxylic acids is 1. The minimum absolute atomic E-state index is 0.103. The van der Waals surface area contributed by atoms with Gasteiger partial charge in [-0.15, -0.1) is 0 Å². The lowest BCUT2D eigenvalue weighted by Crippen LogP contribution is -2.52. The third-order valence-electron chi connectivity index (χ3n) is 4.87. The molecule has 1 atom stereocenters. The van der Waals surface area contributed by atoms with Crippen LogP contribution in [-0.2, 0) is 18.7 Å². The first kappa shape index (κ1) is 22.9. The number of rotatable bonds is 11. The van der Waals surface area contributed by atoms with Crippen molar-refractivity contribution in [2.75, 3.05) is 19.8 Å². The smallest absolute Gasteiger partial charge is 0.460 e. The van der Waals surface area contributed by atoms with Gasteiger partial charge < -0.3 is 14.8 Å². The van der Waals surface area contributed by atoms with Gasteiger partial charge in [0.1, 0.15) is 22.7 Å². The highest BCUT2D eigenvalue weighted by Crippen LogP contribution is 2.15. The van der Waals surface area contributed by atoms with Crippen molar-refractivity contribution in [1.82, 2.24) is 5.32 Å². The summed E-state index contributed by atoms with van der Waals surface area (Å²) in [6, 6.07) is 20.8. The third-order valence-corrected chi connectivity index (χ3v) is 7.08. The summed E-state index contributed by atoms with van der Waals surface area (Å²) in [5.41, 5.74) is -0.145. The first-order valence-corrected chi connectivity index (χ1v) is 11.9. The van der Waals surface area contributed by atoms with Crippen molar-refractivity contribution < 1.29 is 18.7 Å². The van der Waals surface area contributed by atoms with Gasteiger partial charge in [0, 0.05) is 25.9 Å². The van der Waals surface area contributed by atoms with Gasteiger partial charge >= 0.3 is 15.0 Å². The second kappa shape index (κ2) is 11.6. The molecule has 0 fully saturated rings. The Bertz CT molecular complexity index is 849. The Hall–Kier alpha value is -2.74. The van der Waals surface area contributed by atoms with Crippen LogP contribution in [0.15, 0.2) is 78.1 Å². The molecule has 2 aromatic rings. The van der Waals surface area contributed by atoms with Crippen LogP contribution in [0.4, 0.5) is 0 Å². The van der Waals surface area contributed by atoms with Gasteiger partial charge in [0.15, 0.2) is 5.72 Å². The number of hydrogen-bond donors (Lipinski definition) is 1. The third kappa shape index (κ3) is 6.88. The van der Waals surface area contributed by atoms with Crippen LogP contribution in [0.2, 0.25) is 0 Å². The van der Waals surface area contributed by atoms with Crippen LogP contribution in [-0.4, -0.2) is 46.3 Å². The number of ether oxygens (including phenoxy) is 2. The molecule has 1 N–H and O–H groups in total. The van der Waals surface area contributed by atoms with Crippen molar-refractivity contribution in [2.45, 2.75) is 32.4 Å². The molecule has 7 heteroatoms. The van der Waals surface area contributed by atoms with Crippen LogP contribution in [0.1, 0.15) is 26.7 Å². The summed E-state index contributed by atoms with van der Waals surface area (Å²) in [5.74, 6) is -0.341. The van der Waals surface area contributed by atoms with Crippen molar-refractivity contribution in [1.29, 1.82) is 0 Å². The van der Waals surface area contributed by atoms with Crippen molar-refractivity contribution in [3.8, 4) is 0 Å².